The molecule has 0 spiro atoms. The lowest BCUT2D eigenvalue weighted by Gasteiger charge is -2.13. The maximum absolute atomic E-state index is 13.5. The van der Waals surface area contributed by atoms with Crippen molar-refractivity contribution in [1.82, 2.24) is 19.7 Å². The van der Waals surface area contributed by atoms with E-state index in [0.29, 0.717) is 5.56 Å². The first kappa shape index (κ1) is 27.5. The number of nitrogens with zero attached hydrogens (tertiary/aromatic N) is 4. The maximum atomic E-state index is 13.5. The van der Waals surface area contributed by atoms with Gasteiger partial charge in [0.15, 0.2) is 5.82 Å². The van der Waals surface area contributed by atoms with Crippen molar-refractivity contribution in [3.05, 3.63) is 90.3 Å². The molecule has 0 amide bonds. The molecule has 0 radical (unpaired) electrons. The van der Waals surface area contributed by atoms with Crippen molar-refractivity contribution < 1.29 is 33.3 Å². The molecule has 0 aliphatic rings. The number of nitrogens with one attached hydrogen (secondary N) is 1. The predicted molar refractivity (Wildman–Crippen MR) is 137 cm³/mol. The van der Waals surface area contributed by atoms with Crippen LogP contribution in [0.2, 0.25) is 0 Å². The van der Waals surface area contributed by atoms with Gasteiger partial charge in [-0.1, -0.05) is 42.5 Å². The molecule has 2 unspecified atom stereocenters. The maximum Gasteiger partial charge on any atom is 0.416 e. The van der Waals surface area contributed by atoms with E-state index >= 15 is 0 Å². The van der Waals surface area contributed by atoms with Crippen LogP contribution in [0.1, 0.15) is 24.0 Å². The Hall–Kier alpha value is -4.55. The van der Waals surface area contributed by atoms with E-state index in [1.54, 1.807) is 6.07 Å². The van der Waals surface area contributed by atoms with Crippen molar-refractivity contribution in [2.45, 2.75) is 31.2 Å². The summed E-state index contributed by atoms with van der Waals surface area (Å²) in [5.41, 5.74) is 0.695. The van der Waals surface area contributed by atoms with E-state index in [1.165, 1.54) is 41.4 Å². The highest BCUT2D eigenvalue weighted by Gasteiger charge is 2.31. The van der Waals surface area contributed by atoms with E-state index in [1.807, 2.05) is 30.3 Å². The zero-order valence-corrected chi connectivity index (χ0v) is 20.3. The van der Waals surface area contributed by atoms with Gasteiger partial charge in [0.25, 0.3) is 0 Å². The Morgan fingerprint density at radius 3 is 2.56 bits per heavy atom. The van der Waals surface area contributed by atoms with Crippen LogP contribution in [0.5, 0.6) is 0 Å². The number of aliphatic hydroxyl groups excluding tert-OH is 2. The van der Waals surface area contributed by atoms with Gasteiger partial charge in [0.05, 0.1) is 36.1 Å². The van der Waals surface area contributed by atoms with E-state index in [9.17, 15) is 28.2 Å². The van der Waals surface area contributed by atoms with Crippen LogP contribution in [0.4, 0.5) is 24.8 Å². The third kappa shape index (κ3) is 7.27. The van der Waals surface area contributed by atoms with Crippen LogP contribution < -0.4 is 5.32 Å². The summed E-state index contributed by atoms with van der Waals surface area (Å²) in [7, 11) is 0. The van der Waals surface area contributed by atoms with Gasteiger partial charge in [0.2, 0.25) is 5.95 Å². The van der Waals surface area contributed by atoms with Gasteiger partial charge in [-0.25, -0.2) is 9.67 Å². The van der Waals surface area contributed by atoms with Crippen molar-refractivity contribution in [2.75, 3.05) is 5.32 Å². The molecule has 0 fully saturated rings. The second-order valence-corrected chi connectivity index (χ2v) is 8.58. The molecule has 9 nitrogen and oxygen atoms in total. The van der Waals surface area contributed by atoms with Crippen LogP contribution in [-0.2, 0) is 11.0 Å². The second kappa shape index (κ2) is 11.9. The number of benzene rings is 2. The summed E-state index contributed by atoms with van der Waals surface area (Å²) in [4.78, 5) is 19.4. The first-order valence-electron chi connectivity index (χ1n) is 11.8. The summed E-state index contributed by atoms with van der Waals surface area (Å²) in [6.45, 7) is 0. The number of rotatable bonds is 10. The number of alkyl halides is 3. The van der Waals surface area contributed by atoms with Gasteiger partial charge in [-0.3, -0.25) is 4.79 Å². The minimum atomic E-state index is -4.57. The second-order valence-electron chi connectivity index (χ2n) is 8.58. The molecule has 2 atom stereocenters. The van der Waals surface area contributed by atoms with Crippen molar-refractivity contribution in [1.29, 1.82) is 0 Å². The average Bonchev–Trinajstić information content (AvgIpc) is 3.31. The lowest BCUT2D eigenvalue weighted by molar-refractivity contribution is -0.139. The summed E-state index contributed by atoms with van der Waals surface area (Å²) in [5.74, 6) is -0.699. The highest BCUT2D eigenvalue weighted by molar-refractivity contribution is 5.74. The highest BCUT2D eigenvalue weighted by Crippen LogP contribution is 2.34. The van der Waals surface area contributed by atoms with Gasteiger partial charge in [-0.2, -0.15) is 23.3 Å². The molecule has 4 rings (SSSR count). The number of carboxylic acid groups (broad SMARTS) is 1. The number of halogens is 3. The molecule has 2 heterocycles. The number of anilines is 2. The molecule has 0 saturated heterocycles. The Morgan fingerprint density at radius 2 is 1.85 bits per heavy atom. The number of hydrogen-bond donors (Lipinski definition) is 4. The average molecular weight is 540 g/mol. The quantitative estimate of drug-likeness (QED) is 0.228. The topological polar surface area (TPSA) is 133 Å². The number of carbonyl (C=O) groups is 1. The van der Waals surface area contributed by atoms with Gasteiger partial charge in [-0.15, -0.1) is 0 Å². The monoisotopic (exact) mass is 539 g/mol. The van der Waals surface area contributed by atoms with Crippen LogP contribution >= 0.6 is 0 Å². The Labute approximate surface area is 220 Å². The lowest BCUT2D eigenvalue weighted by Crippen LogP contribution is -2.19. The molecule has 0 aliphatic heterocycles. The van der Waals surface area contributed by atoms with Crippen molar-refractivity contribution >= 4 is 23.7 Å². The molecule has 12 heteroatoms. The van der Waals surface area contributed by atoms with Gasteiger partial charge in [0, 0.05) is 35.5 Å². The zero-order chi connectivity index (χ0) is 28.0. The SMILES string of the molecule is O=C(O)CC(O)CC(O)/C=C/c1cnn(-c2ccnc(Nc3ccccc3)n2)c1-c1cccc(C(F)(F)F)c1. The third-order valence-corrected chi connectivity index (χ3v) is 5.57. The number of aliphatic carboxylic acids is 1. The standard InChI is InChI=1S/C27H24F3N5O4/c28-27(29,30)19-6-4-5-17(13-19)25-18(9-10-21(36)14-22(37)15-24(38)39)16-32-35(25)23-11-12-31-26(34-23)33-20-7-2-1-3-8-20/h1-13,16,21-22,36-37H,14-15H2,(H,38,39)(H,31,33,34)/b10-9+. The molecule has 0 aliphatic carbocycles. The van der Waals surface area contributed by atoms with E-state index in [4.69, 9.17) is 5.11 Å². The minimum Gasteiger partial charge on any atom is -0.481 e. The first-order chi connectivity index (χ1) is 18.6. The van der Waals surface area contributed by atoms with E-state index in [-0.39, 0.29) is 29.4 Å². The van der Waals surface area contributed by atoms with E-state index in [2.05, 4.69) is 20.4 Å². The molecule has 202 valence electrons. The highest BCUT2D eigenvalue weighted by atomic mass is 19.4. The number of carboxylic acids is 1. The molecule has 39 heavy (non-hydrogen) atoms. The van der Waals surface area contributed by atoms with Crippen molar-refractivity contribution in [3.63, 3.8) is 0 Å². The van der Waals surface area contributed by atoms with E-state index in [0.717, 1.165) is 17.8 Å². The van der Waals surface area contributed by atoms with E-state index < -0.39 is 36.3 Å². The van der Waals surface area contributed by atoms with Crippen LogP contribution in [0, 0.1) is 0 Å². The summed E-state index contributed by atoms with van der Waals surface area (Å²) < 4.78 is 41.8. The molecule has 4 N–H and O–H groups in total. The molecule has 2 aromatic carbocycles. The first-order valence-corrected chi connectivity index (χ1v) is 11.8. The van der Waals surface area contributed by atoms with Crippen molar-refractivity contribution in [2.24, 2.45) is 0 Å². The molecular formula is C27H24F3N5O4. The summed E-state index contributed by atoms with van der Waals surface area (Å²) >= 11 is 0. The normalized spacial score (nSPS) is 13.4. The van der Waals surface area contributed by atoms with Gasteiger partial charge in [-0.05, 0) is 24.3 Å². The Balaban J connectivity index is 1.73. The number of aliphatic hydroxyl groups is 2. The zero-order valence-electron chi connectivity index (χ0n) is 20.3. The third-order valence-electron chi connectivity index (χ3n) is 5.57. The number of para-hydroxylation sites is 1. The molecule has 4 aromatic rings. The largest absolute Gasteiger partial charge is 0.481 e. The van der Waals surface area contributed by atoms with Crippen LogP contribution in [-0.4, -0.2) is 53.2 Å². The fourth-order valence-electron chi connectivity index (χ4n) is 3.82. The summed E-state index contributed by atoms with van der Waals surface area (Å²) in [5, 5.41) is 36.2. The molecular weight excluding hydrogens is 515 g/mol. The van der Waals surface area contributed by atoms with Gasteiger partial charge >= 0.3 is 12.1 Å². The van der Waals surface area contributed by atoms with Gasteiger partial charge < -0.3 is 20.6 Å². The summed E-state index contributed by atoms with van der Waals surface area (Å²) in [6.07, 6.45) is -2.20. The number of aromatic nitrogens is 4. The Morgan fingerprint density at radius 1 is 1.08 bits per heavy atom. The summed E-state index contributed by atoms with van der Waals surface area (Å²) in [6, 6.07) is 15.4. The van der Waals surface area contributed by atoms with Crippen LogP contribution in [0.3, 0.4) is 0 Å². The lowest BCUT2D eigenvalue weighted by atomic mass is 10.0. The molecule has 0 saturated carbocycles. The van der Waals surface area contributed by atoms with Crippen LogP contribution in [0.25, 0.3) is 23.2 Å². The van der Waals surface area contributed by atoms with Crippen LogP contribution in [0.15, 0.2) is 79.1 Å². The Kier molecular flexibility index (Phi) is 8.37. The van der Waals surface area contributed by atoms with Gasteiger partial charge in [0.1, 0.15) is 0 Å². The Bertz CT molecular complexity index is 1460. The number of hydrogen-bond acceptors (Lipinski definition) is 7. The fourth-order valence-corrected chi connectivity index (χ4v) is 3.82. The molecule has 2 aromatic heterocycles. The molecule has 0 bridgehead atoms. The predicted octanol–water partition coefficient (Wildman–Crippen LogP) is 4.69. The minimum absolute atomic E-state index is 0.193. The van der Waals surface area contributed by atoms with Crippen molar-refractivity contribution in [3.8, 4) is 17.1 Å². The smallest absolute Gasteiger partial charge is 0.416 e. The fraction of sp³-hybridized carbons (Fsp3) is 0.185.